The first-order valence-electron chi connectivity index (χ1n) is 12.5. The van der Waals surface area contributed by atoms with Crippen LogP contribution in [0.2, 0.25) is 0 Å². The minimum absolute atomic E-state index is 0.0723. The Labute approximate surface area is 222 Å². The first kappa shape index (κ1) is 28.2. The van der Waals surface area contributed by atoms with Crippen LogP contribution in [0.25, 0.3) is 0 Å². The SMILES string of the molecule is CC[C@H]1O[C@@H](c2cc(Cc3ccc(Br)cc3C)c(C(C)C)cc2O)[C@@H](OC(C)=O)[C@@H](OC(C)=O)[C@H]1C. The van der Waals surface area contributed by atoms with Crippen LogP contribution in [0.1, 0.15) is 87.8 Å². The van der Waals surface area contributed by atoms with Crippen molar-refractivity contribution in [2.75, 3.05) is 0 Å². The largest absolute Gasteiger partial charge is 0.508 e. The van der Waals surface area contributed by atoms with Crippen LogP contribution in [0, 0.1) is 12.8 Å². The quantitative estimate of drug-likeness (QED) is 0.388. The monoisotopic (exact) mass is 560 g/mol. The molecule has 7 heteroatoms. The van der Waals surface area contributed by atoms with Gasteiger partial charge in [-0.2, -0.15) is 0 Å². The number of carbonyl (C=O) groups excluding carboxylic acids is 2. The predicted octanol–water partition coefficient (Wildman–Crippen LogP) is 6.53. The number of benzene rings is 2. The normalized spacial score (nSPS) is 24.0. The summed E-state index contributed by atoms with van der Waals surface area (Å²) < 4.78 is 18.8. The Morgan fingerprint density at radius 2 is 1.69 bits per heavy atom. The van der Waals surface area contributed by atoms with Crippen molar-refractivity contribution < 1.29 is 28.9 Å². The van der Waals surface area contributed by atoms with Crippen molar-refractivity contribution >= 4 is 27.9 Å². The molecule has 1 aliphatic heterocycles. The van der Waals surface area contributed by atoms with E-state index in [0.717, 1.165) is 21.2 Å². The van der Waals surface area contributed by atoms with E-state index in [1.165, 1.54) is 19.4 Å². The van der Waals surface area contributed by atoms with Crippen molar-refractivity contribution in [3.8, 4) is 5.75 Å². The summed E-state index contributed by atoms with van der Waals surface area (Å²) in [6, 6.07) is 9.96. The van der Waals surface area contributed by atoms with Gasteiger partial charge in [-0.05, 0) is 72.2 Å². The summed E-state index contributed by atoms with van der Waals surface area (Å²) in [6.45, 7) is 12.9. The number of carbonyl (C=O) groups is 2. The standard InChI is InChI=1S/C29H37BrO6/c1-8-26-17(5)27(34-18(6)31)29(35-19(7)32)28(36-26)24-13-21(23(15(2)3)14-25(24)33)12-20-9-10-22(30)11-16(20)4/h9-11,13-15,17,26-29,33H,8,12H2,1-7H3/t17-,26+,27-,28-,29-/m0/s1. The van der Waals surface area contributed by atoms with Crippen molar-refractivity contribution in [2.24, 2.45) is 5.92 Å². The second-order valence-corrected chi connectivity index (χ2v) is 10.9. The van der Waals surface area contributed by atoms with Crippen molar-refractivity contribution in [1.82, 2.24) is 0 Å². The zero-order valence-electron chi connectivity index (χ0n) is 22.1. The summed E-state index contributed by atoms with van der Waals surface area (Å²) in [7, 11) is 0. The number of phenolic OH excluding ortho intramolecular Hbond substituents is 1. The van der Waals surface area contributed by atoms with E-state index in [0.29, 0.717) is 18.4 Å². The van der Waals surface area contributed by atoms with E-state index in [1.54, 1.807) is 6.07 Å². The third-order valence-electron chi connectivity index (χ3n) is 6.96. The van der Waals surface area contributed by atoms with Crippen LogP contribution in [0.15, 0.2) is 34.8 Å². The topological polar surface area (TPSA) is 82.1 Å². The van der Waals surface area contributed by atoms with Crippen molar-refractivity contribution in [3.63, 3.8) is 0 Å². The van der Waals surface area contributed by atoms with E-state index >= 15 is 0 Å². The lowest BCUT2D eigenvalue weighted by atomic mass is 9.82. The van der Waals surface area contributed by atoms with Gasteiger partial charge in [-0.15, -0.1) is 0 Å². The molecule has 36 heavy (non-hydrogen) atoms. The Morgan fingerprint density at radius 3 is 2.25 bits per heavy atom. The molecule has 6 nitrogen and oxygen atoms in total. The number of aromatic hydroxyl groups is 1. The predicted molar refractivity (Wildman–Crippen MR) is 142 cm³/mol. The molecule has 0 unspecified atom stereocenters. The van der Waals surface area contributed by atoms with Gasteiger partial charge in [0.1, 0.15) is 18.0 Å². The fourth-order valence-electron chi connectivity index (χ4n) is 5.13. The van der Waals surface area contributed by atoms with Gasteiger partial charge in [-0.3, -0.25) is 9.59 Å². The van der Waals surface area contributed by atoms with Gasteiger partial charge in [0.15, 0.2) is 6.10 Å². The molecule has 1 N–H and O–H groups in total. The highest BCUT2D eigenvalue weighted by Gasteiger charge is 2.48. The molecule has 1 heterocycles. The average molecular weight is 562 g/mol. The molecule has 0 radical (unpaired) electrons. The highest BCUT2D eigenvalue weighted by atomic mass is 79.9. The number of hydrogen-bond donors (Lipinski definition) is 1. The van der Waals surface area contributed by atoms with Crippen LogP contribution in [-0.2, 0) is 30.2 Å². The molecule has 5 atom stereocenters. The molecule has 1 fully saturated rings. The molecule has 1 saturated heterocycles. The van der Waals surface area contributed by atoms with Gasteiger partial charge in [0.25, 0.3) is 0 Å². The summed E-state index contributed by atoms with van der Waals surface area (Å²) in [5.41, 5.74) is 4.96. The maximum Gasteiger partial charge on any atom is 0.303 e. The molecular weight excluding hydrogens is 524 g/mol. The Kier molecular flexibility index (Phi) is 9.23. The molecule has 1 aliphatic rings. The van der Waals surface area contributed by atoms with Gasteiger partial charge in [0, 0.05) is 29.8 Å². The lowest BCUT2D eigenvalue weighted by molar-refractivity contribution is -0.225. The third kappa shape index (κ3) is 6.30. The van der Waals surface area contributed by atoms with Gasteiger partial charge in [-0.25, -0.2) is 0 Å². The summed E-state index contributed by atoms with van der Waals surface area (Å²) in [6.07, 6.45) is -1.26. The zero-order valence-corrected chi connectivity index (χ0v) is 23.7. The molecule has 2 aromatic carbocycles. The highest BCUT2D eigenvalue weighted by molar-refractivity contribution is 9.10. The van der Waals surface area contributed by atoms with E-state index < -0.39 is 30.3 Å². The Hall–Kier alpha value is -2.38. The van der Waals surface area contributed by atoms with E-state index in [1.807, 2.05) is 26.0 Å². The number of aryl methyl sites for hydroxylation is 1. The number of phenols is 1. The van der Waals surface area contributed by atoms with Crippen LogP contribution in [0.5, 0.6) is 5.75 Å². The van der Waals surface area contributed by atoms with Gasteiger partial charge < -0.3 is 19.3 Å². The fraction of sp³-hybridized carbons (Fsp3) is 0.517. The Bertz CT molecular complexity index is 1110. The lowest BCUT2D eigenvalue weighted by Crippen LogP contribution is -2.52. The second kappa shape index (κ2) is 11.8. The smallest absolute Gasteiger partial charge is 0.303 e. The van der Waals surface area contributed by atoms with E-state index in [4.69, 9.17) is 14.2 Å². The third-order valence-corrected chi connectivity index (χ3v) is 7.45. The van der Waals surface area contributed by atoms with Crippen molar-refractivity contribution in [3.05, 3.63) is 62.6 Å². The van der Waals surface area contributed by atoms with Gasteiger partial charge in [0.2, 0.25) is 0 Å². The number of hydrogen-bond acceptors (Lipinski definition) is 6. The molecule has 0 spiro atoms. The van der Waals surface area contributed by atoms with Crippen molar-refractivity contribution in [2.45, 2.75) is 91.6 Å². The Balaban J connectivity index is 2.14. The molecule has 0 amide bonds. The minimum atomic E-state index is -0.887. The van der Waals surface area contributed by atoms with Crippen LogP contribution in [-0.4, -0.2) is 35.4 Å². The summed E-state index contributed by atoms with van der Waals surface area (Å²) in [4.78, 5) is 24.1. The van der Waals surface area contributed by atoms with Gasteiger partial charge in [-0.1, -0.05) is 49.7 Å². The number of esters is 2. The highest BCUT2D eigenvalue weighted by Crippen LogP contribution is 2.44. The first-order chi connectivity index (χ1) is 16.9. The average Bonchev–Trinajstić information content (AvgIpc) is 2.78. The molecule has 0 saturated carbocycles. The first-order valence-corrected chi connectivity index (χ1v) is 13.3. The number of rotatable bonds is 7. The van der Waals surface area contributed by atoms with E-state index in [2.05, 4.69) is 48.8 Å². The minimum Gasteiger partial charge on any atom is -0.508 e. The Morgan fingerprint density at radius 1 is 1.06 bits per heavy atom. The second-order valence-electron chi connectivity index (χ2n) is 10.0. The molecule has 0 bridgehead atoms. The van der Waals surface area contributed by atoms with Crippen LogP contribution < -0.4 is 0 Å². The zero-order chi connectivity index (χ0) is 26.7. The summed E-state index contributed by atoms with van der Waals surface area (Å²) in [5, 5.41) is 11.2. The van der Waals surface area contributed by atoms with Crippen molar-refractivity contribution in [1.29, 1.82) is 0 Å². The van der Waals surface area contributed by atoms with E-state index in [-0.39, 0.29) is 23.7 Å². The van der Waals surface area contributed by atoms with Crippen LogP contribution in [0.4, 0.5) is 0 Å². The maximum absolute atomic E-state index is 12.1. The number of ether oxygens (including phenoxy) is 3. The maximum atomic E-state index is 12.1. The molecule has 2 aromatic rings. The molecule has 3 rings (SSSR count). The summed E-state index contributed by atoms with van der Waals surface area (Å²) >= 11 is 3.53. The van der Waals surface area contributed by atoms with Gasteiger partial charge >= 0.3 is 11.9 Å². The lowest BCUT2D eigenvalue weighted by Gasteiger charge is -2.44. The molecule has 0 aliphatic carbocycles. The fourth-order valence-corrected chi connectivity index (χ4v) is 5.60. The van der Waals surface area contributed by atoms with Crippen LogP contribution in [0.3, 0.4) is 0 Å². The molecule has 0 aromatic heterocycles. The van der Waals surface area contributed by atoms with Gasteiger partial charge in [0.05, 0.1) is 6.10 Å². The van der Waals surface area contributed by atoms with E-state index in [9.17, 15) is 14.7 Å². The molecular formula is C29H37BrO6. The number of halogens is 1. The molecule has 196 valence electrons. The summed E-state index contributed by atoms with van der Waals surface area (Å²) in [5.74, 6) is -0.892. The van der Waals surface area contributed by atoms with Crippen LogP contribution >= 0.6 is 15.9 Å².